The highest BCUT2D eigenvalue weighted by Gasteiger charge is 2.17. The van der Waals surface area contributed by atoms with Crippen LogP contribution in [-0.4, -0.2) is 20.6 Å². The summed E-state index contributed by atoms with van der Waals surface area (Å²) in [5, 5.41) is 9.09. The van der Waals surface area contributed by atoms with Gasteiger partial charge in [-0.3, -0.25) is 14.7 Å². The molecule has 114 valence electrons. The zero-order valence-electron chi connectivity index (χ0n) is 13.0. The minimum atomic E-state index is 0.685. The summed E-state index contributed by atoms with van der Waals surface area (Å²) >= 11 is 0. The van der Waals surface area contributed by atoms with Crippen LogP contribution < -0.4 is 5.32 Å². The molecule has 0 atom stereocenters. The van der Waals surface area contributed by atoms with Gasteiger partial charge in [0.25, 0.3) is 0 Å². The van der Waals surface area contributed by atoms with Crippen molar-refractivity contribution in [2.75, 3.05) is 5.32 Å². The first-order valence-corrected chi connectivity index (χ1v) is 7.60. The molecule has 5 nitrogen and oxygen atoms in total. The number of hydrogen-bond acceptors (Lipinski definition) is 4. The van der Waals surface area contributed by atoms with E-state index < -0.39 is 0 Å². The van der Waals surface area contributed by atoms with Gasteiger partial charge in [0.1, 0.15) is 5.69 Å². The van der Waals surface area contributed by atoms with Crippen molar-refractivity contribution in [2.45, 2.75) is 20.0 Å². The van der Waals surface area contributed by atoms with Crippen molar-refractivity contribution >= 4 is 22.4 Å². The molecule has 1 N–H and O–H groups in total. The van der Waals surface area contributed by atoms with Gasteiger partial charge in [0.2, 0.25) is 0 Å². The highest BCUT2D eigenvalue weighted by molar-refractivity contribution is 6.09. The first kappa shape index (κ1) is 13.7. The van der Waals surface area contributed by atoms with Gasteiger partial charge in [0.05, 0.1) is 24.3 Å². The Morgan fingerprint density at radius 3 is 3.13 bits per heavy atom. The molecular formula is C18H17N5. The van der Waals surface area contributed by atoms with Crippen LogP contribution in [0.4, 0.5) is 5.69 Å². The number of anilines is 1. The highest BCUT2D eigenvalue weighted by atomic mass is 15.3. The van der Waals surface area contributed by atoms with Gasteiger partial charge in [-0.25, -0.2) is 0 Å². The second-order valence-corrected chi connectivity index (χ2v) is 5.59. The number of allylic oxidation sites excluding steroid dienone is 1. The van der Waals surface area contributed by atoms with E-state index in [-0.39, 0.29) is 0 Å². The summed E-state index contributed by atoms with van der Waals surface area (Å²) in [6.45, 7) is 7.20. The Labute approximate surface area is 134 Å². The molecule has 0 spiro atoms. The van der Waals surface area contributed by atoms with Crippen LogP contribution in [0.25, 0.3) is 10.9 Å². The zero-order valence-corrected chi connectivity index (χ0v) is 13.0. The molecule has 3 aromatic rings. The predicted octanol–water partition coefficient (Wildman–Crippen LogP) is 3.30. The molecule has 2 aromatic heterocycles. The summed E-state index contributed by atoms with van der Waals surface area (Å²) in [5.41, 5.74) is 5.21. The van der Waals surface area contributed by atoms with E-state index in [9.17, 15) is 0 Å². The molecule has 0 amide bonds. The predicted molar refractivity (Wildman–Crippen MR) is 92.8 cm³/mol. The normalized spacial score (nSPS) is 13.0. The van der Waals surface area contributed by atoms with Gasteiger partial charge in [0.15, 0.2) is 5.84 Å². The molecule has 0 saturated heterocycles. The zero-order chi connectivity index (χ0) is 15.8. The SMILES string of the molecule is C=CCn1nc(C)c2cc(NC3=NCc4cccnc43)ccc21. The summed E-state index contributed by atoms with van der Waals surface area (Å²) in [6.07, 6.45) is 3.65. The molecule has 0 radical (unpaired) electrons. The Morgan fingerprint density at radius 2 is 2.26 bits per heavy atom. The van der Waals surface area contributed by atoms with Crippen LogP contribution >= 0.6 is 0 Å². The van der Waals surface area contributed by atoms with Crippen molar-refractivity contribution in [3.63, 3.8) is 0 Å². The molecule has 0 fully saturated rings. The van der Waals surface area contributed by atoms with Crippen molar-refractivity contribution in [3.8, 4) is 0 Å². The number of rotatable bonds is 3. The lowest BCUT2D eigenvalue weighted by Gasteiger charge is -2.07. The molecule has 4 rings (SSSR count). The van der Waals surface area contributed by atoms with Gasteiger partial charge in [-0.1, -0.05) is 12.1 Å². The second kappa shape index (κ2) is 5.35. The van der Waals surface area contributed by atoms with Gasteiger partial charge < -0.3 is 5.32 Å². The van der Waals surface area contributed by atoms with Crippen LogP contribution in [0.3, 0.4) is 0 Å². The maximum absolute atomic E-state index is 4.56. The number of aromatic nitrogens is 3. The lowest BCUT2D eigenvalue weighted by molar-refractivity contribution is 0.719. The molecule has 1 aromatic carbocycles. The van der Waals surface area contributed by atoms with E-state index in [2.05, 4.69) is 45.2 Å². The summed E-state index contributed by atoms with van der Waals surface area (Å²) in [6, 6.07) is 10.2. The van der Waals surface area contributed by atoms with Crippen molar-refractivity contribution < 1.29 is 0 Å². The van der Waals surface area contributed by atoms with E-state index in [0.717, 1.165) is 39.4 Å². The Morgan fingerprint density at radius 1 is 1.35 bits per heavy atom. The van der Waals surface area contributed by atoms with Gasteiger partial charge in [-0.15, -0.1) is 6.58 Å². The first-order chi connectivity index (χ1) is 11.3. The molecule has 3 heterocycles. The maximum Gasteiger partial charge on any atom is 0.152 e. The van der Waals surface area contributed by atoms with Crippen LogP contribution in [0.1, 0.15) is 17.0 Å². The second-order valence-electron chi connectivity index (χ2n) is 5.59. The fraction of sp³-hybridized carbons (Fsp3) is 0.167. The van der Waals surface area contributed by atoms with Crippen molar-refractivity contribution in [1.29, 1.82) is 0 Å². The highest BCUT2D eigenvalue weighted by Crippen LogP contribution is 2.24. The number of amidine groups is 1. The number of fused-ring (bicyclic) bond motifs is 2. The number of aryl methyl sites for hydroxylation is 1. The van der Waals surface area contributed by atoms with E-state index in [1.807, 2.05) is 29.8 Å². The summed E-state index contributed by atoms with van der Waals surface area (Å²) in [5.74, 6) is 0.830. The molecular weight excluding hydrogens is 286 g/mol. The number of nitrogens with one attached hydrogen (secondary N) is 1. The fourth-order valence-corrected chi connectivity index (χ4v) is 2.93. The molecule has 0 saturated carbocycles. The Bertz CT molecular complexity index is 936. The third-order valence-electron chi connectivity index (χ3n) is 4.02. The molecule has 0 aliphatic carbocycles. The standard InChI is InChI=1S/C18H17N5/c1-3-9-23-16-7-6-14(10-15(16)12(2)22-23)21-18-17-13(11-20-18)5-4-8-19-17/h3-8,10H,1,9,11H2,2H3,(H,20,21). The molecule has 5 heteroatoms. The van der Waals surface area contributed by atoms with E-state index in [4.69, 9.17) is 0 Å². The van der Waals surface area contributed by atoms with Crippen LogP contribution in [0.5, 0.6) is 0 Å². The molecule has 0 unspecified atom stereocenters. The molecule has 23 heavy (non-hydrogen) atoms. The van der Waals surface area contributed by atoms with E-state index >= 15 is 0 Å². The lowest BCUT2D eigenvalue weighted by Crippen LogP contribution is -2.13. The van der Waals surface area contributed by atoms with Gasteiger partial charge >= 0.3 is 0 Å². The molecule has 1 aliphatic rings. The molecule has 0 bridgehead atoms. The Hall–Kier alpha value is -2.95. The summed E-state index contributed by atoms with van der Waals surface area (Å²) in [7, 11) is 0. The van der Waals surface area contributed by atoms with Gasteiger partial charge in [-0.05, 0) is 31.2 Å². The number of benzene rings is 1. The van der Waals surface area contributed by atoms with Crippen LogP contribution in [-0.2, 0) is 13.1 Å². The van der Waals surface area contributed by atoms with Crippen LogP contribution in [0, 0.1) is 6.92 Å². The van der Waals surface area contributed by atoms with E-state index in [1.54, 1.807) is 6.20 Å². The number of pyridine rings is 1. The lowest BCUT2D eigenvalue weighted by atomic mass is 10.2. The first-order valence-electron chi connectivity index (χ1n) is 7.60. The number of hydrogen-bond donors (Lipinski definition) is 1. The minimum absolute atomic E-state index is 0.685. The number of aliphatic imine (C=N–C) groups is 1. The Balaban J connectivity index is 1.68. The largest absolute Gasteiger partial charge is 0.339 e. The van der Waals surface area contributed by atoms with Crippen molar-refractivity contribution in [3.05, 3.63) is 66.1 Å². The third-order valence-corrected chi connectivity index (χ3v) is 4.02. The fourth-order valence-electron chi connectivity index (χ4n) is 2.93. The quantitative estimate of drug-likeness (QED) is 0.755. The van der Waals surface area contributed by atoms with E-state index in [1.165, 1.54) is 0 Å². The third kappa shape index (κ3) is 2.30. The van der Waals surface area contributed by atoms with Crippen molar-refractivity contribution in [1.82, 2.24) is 14.8 Å². The Kier molecular flexibility index (Phi) is 3.19. The van der Waals surface area contributed by atoms with Crippen molar-refractivity contribution in [2.24, 2.45) is 4.99 Å². The minimum Gasteiger partial charge on any atom is -0.339 e. The summed E-state index contributed by atoms with van der Waals surface area (Å²) in [4.78, 5) is 8.97. The average Bonchev–Trinajstić information content (AvgIpc) is 3.10. The van der Waals surface area contributed by atoms with E-state index in [0.29, 0.717) is 13.1 Å². The molecule has 1 aliphatic heterocycles. The average molecular weight is 303 g/mol. The smallest absolute Gasteiger partial charge is 0.152 e. The van der Waals surface area contributed by atoms with Gasteiger partial charge in [-0.2, -0.15) is 5.10 Å². The monoisotopic (exact) mass is 303 g/mol. The van der Waals surface area contributed by atoms with Gasteiger partial charge in [0, 0.05) is 22.8 Å². The van der Waals surface area contributed by atoms with Crippen LogP contribution in [0.2, 0.25) is 0 Å². The maximum atomic E-state index is 4.56. The summed E-state index contributed by atoms with van der Waals surface area (Å²) < 4.78 is 1.96. The van der Waals surface area contributed by atoms with Crippen LogP contribution in [0.15, 0.2) is 54.2 Å². The topological polar surface area (TPSA) is 55.1 Å². The number of nitrogens with zero attached hydrogens (tertiary/aromatic N) is 4.